The number of anilines is 2. The maximum absolute atomic E-state index is 12.3. The van der Waals surface area contributed by atoms with Crippen LogP contribution in [0.15, 0.2) is 42.5 Å². The van der Waals surface area contributed by atoms with Crippen LogP contribution in [0.3, 0.4) is 0 Å². The van der Waals surface area contributed by atoms with Crippen LogP contribution in [0.4, 0.5) is 11.4 Å². The molecule has 0 saturated carbocycles. The third kappa shape index (κ3) is 2.99. The Morgan fingerprint density at radius 1 is 0.923 bits per heavy atom. The summed E-state index contributed by atoms with van der Waals surface area (Å²) < 4.78 is 24.7. The Kier molecular flexibility index (Phi) is 4.42. The van der Waals surface area contributed by atoms with Gasteiger partial charge in [0.05, 0.1) is 33.6 Å². The molecule has 2 heterocycles. The van der Waals surface area contributed by atoms with Gasteiger partial charge in [-0.25, -0.2) is 8.42 Å². The molecule has 2 aromatic rings. The second-order valence-corrected chi connectivity index (χ2v) is 10.0. The van der Waals surface area contributed by atoms with Crippen molar-refractivity contribution in [3.63, 3.8) is 0 Å². The molecule has 2 aromatic carbocycles. The molecule has 26 heavy (non-hydrogen) atoms. The average Bonchev–Trinajstić information content (AvgIpc) is 3.00. The Bertz CT molecular complexity index is 993. The zero-order valence-electron chi connectivity index (χ0n) is 13.9. The number of halogens is 2. The molecule has 0 aliphatic carbocycles. The van der Waals surface area contributed by atoms with E-state index in [0.717, 1.165) is 16.9 Å². The summed E-state index contributed by atoms with van der Waals surface area (Å²) in [6.07, 6.45) is 0. The van der Waals surface area contributed by atoms with Crippen LogP contribution in [-0.4, -0.2) is 37.1 Å². The molecule has 8 heteroatoms. The molecule has 4 nitrogen and oxygen atoms in total. The van der Waals surface area contributed by atoms with Gasteiger partial charge in [-0.2, -0.15) is 0 Å². The molecule has 2 atom stereocenters. The Morgan fingerprint density at radius 2 is 1.46 bits per heavy atom. The van der Waals surface area contributed by atoms with E-state index in [1.807, 2.05) is 47.1 Å². The number of hydrogen-bond donors (Lipinski definition) is 0. The van der Waals surface area contributed by atoms with Crippen LogP contribution in [0.2, 0.25) is 10.0 Å². The Hall–Kier alpha value is -1.34. The van der Waals surface area contributed by atoms with Crippen molar-refractivity contribution in [2.75, 3.05) is 21.3 Å². The quantitative estimate of drug-likeness (QED) is 0.676. The van der Waals surface area contributed by atoms with E-state index in [0.29, 0.717) is 15.2 Å². The predicted molar refractivity (Wildman–Crippen MR) is 111 cm³/mol. The van der Waals surface area contributed by atoms with Gasteiger partial charge in [0.15, 0.2) is 14.9 Å². The highest BCUT2D eigenvalue weighted by atomic mass is 35.5. The Morgan fingerprint density at radius 3 is 2.04 bits per heavy atom. The van der Waals surface area contributed by atoms with Crippen LogP contribution < -0.4 is 9.80 Å². The van der Waals surface area contributed by atoms with Crippen molar-refractivity contribution in [3.8, 4) is 0 Å². The molecule has 0 spiro atoms. The molecular formula is C18H16Cl2N2O2S2. The molecule has 0 N–H and O–H groups in total. The second kappa shape index (κ2) is 6.37. The highest BCUT2D eigenvalue weighted by Crippen LogP contribution is 2.39. The standard InChI is InChI=1S/C18H16Cl2N2O2S2/c1-11-2-4-12(5-3-11)21-16-9-26(23,24)10-17(16)22(18(21)25)13-6-7-14(19)15(20)8-13/h2-8,16-17H,9-10H2,1H3/t16-,17-/m1/s1. The fraction of sp³-hybridized carbons (Fsp3) is 0.278. The van der Waals surface area contributed by atoms with Gasteiger partial charge in [0, 0.05) is 11.4 Å². The van der Waals surface area contributed by atoms with E-state index in [1.54, 1.807) is 12.1 Å². The number of rotatable bonds is 2. The number of thiocarbonyl (C=S) groups is 1. The van der Waals surface area contributed by atoms with Crippen LogP contribution >= 0.6 is 35.4 Å². The van der Waals surface area contributed by atoms with Gasteiger partial charge in [0.2, 0.25) is 0 Å². The summed E-state index contributed by atoms with van der Waals surface area (Å²) in [5.74, 6) is 0.157. The predicted octanol–water partition coefficient (Wildman–Crippen LogP) is 4.08. The maximum Gasteiger partial charge on any atom is 0.181 e. The third-order valence-corrected chi connectivity index (χ3v) is 7.69. The van der Waals surface area contributed by atoms with Gasteiger partial charge in [0.1, 0.15) is 0 Å². The van der Waals surface area contributed by atoms with Crippen molar-refractivity contribution in [2.24, 2.45) is 0 Å². The molecule has 2 saturated heterocycles. The number of sulfone groups is 1. The monoisotopic (exact) mass is 426 g/mol. The first kappa shape index (κ1) is 18.0. The minimum absolute atomic E-state index is 0.0699. The number of aryl methyl sites for hydroxylation is 1. The fourth-order valence-electron chi connectivity index (χ4n) is 3.65. The number of nitrogens with zero attached hydrogens (tertiary/aromatic N) is 2. The van der Waals surface area contributed by atoms with Gasteiger partial charge in [-0.1, -0.05) is 40.9 Å². The smallest absolute Gasteiger partial charge is 0.181 e. The lowest BCUT2D eigenvalue weighted by Gasteiger charge is -2.26. The number of fused-ring (bicyclic) bond motifs is 1. The fourth-order valence-corrected chi connectivity index (χ4v) is 6.34. The van der Waals surface area contributed by atoms with Crippen molar-refractivity contribution in [1.82, 2.24) is 0 Å². The number of hydrogen-bond acceptors (Lipinski definition) is 3. The molecule has 0 unspecified atom stereocenters. The summed E-state index contributed by atoms with van der Waals surface area (Å²) in [4.78, 5) is 3.85. The van der Waals surface area contributed by atoms with Gasteiger partial charge >= 0.3 is 0 Å². The first-order valence-corrected chi connectivity index (χ1v) is 11.1. The summed E-state index contributed by atoms with van der Waals surface area (Å²) in [5.41, 5.74) is 2.79. The van der Waals surface area contributed by atoms with Crippen molar-refractivity contribution in [3.05, 3.63) is 58.1 Å². The van der Waals surface area contributed by atoms with Gasteiger partial charge < -0.3 is 9.80 Å². The van der Waals surface area contributed by atoms with Crippen molar-refractivity contribution < 1.29 is 8.42 Å². The largest absolute Gasteiger partial charge is 0.312 e. The van der Waals surface area contributed by atoms with Gasteiger partial charge in [-0.05, 0) is 49.5 Å². The molecule has 0 radical (unpaired) electrons. The van der Waals surface area contributed by atoms with Crippen molar-refractivity contribution in [1.29, 1.82) is 0 Å². The van der Waals surface area contributed by atoms with Crippen LogP contribution in [0, 0.1) is 6.92 Å². The first-order chi connectivity index (χ1) is 12.3. The van der Waals surface area contributed by atoms with E-state index in [1.165, 1.54) is 0 Å². The maximum atomic E-state index is 12.3. The van der Waals surface area contributed by atoms with Crippen LogP contribution in [0.5, 0.6) is 0 Å². The molecule has 0 amide bonds. The molecule has 2 aliphatic rings. The van der Waals surface area contributed by atoms with Crippen LogP contribution in [0.25, 0.3) is 0 Å². The zero-order chi connectivity index (χ0) is 18.6. The van der Waals surface area contributed by atoms with E-state index in [-0.39, 0.29) is 23.6 Å². The minimum Gasteiger partial charge on any atom is -0.312 e. The van der Waals surface area contributed by atoms with Gasteiger partial charge in [-0.15, -0.1) is 0 Å². The Labute approximate surface area is 168 Å². The van der Waals surface area contributed by atoms with Crippen LogP contribution in [-0.2, 0) is 9.84 Å². The van der Waals surface area contributed by atoms with E-state index < -0.39 is 9.84 Å². The highest BCUT2D eigenvalue weighted by molar-refractivity contribution is 7.91. The molecule has 0 bridgehead atoms. The van der Waals surface area contributed by atoms with E-state index in [9.17, 15) is 8.42 Å². The lowest BCUT2D eigenvalue weighted by Crippen LogP contribution is -2.37. The van der Waals surface area contributed by atoms with E-state index in [2.05, 4.69) is 0 Å². The first-order valence-electron chi connectivity index (χ1n) is 8.11. The zero-order valence-corrected chi connectivity index (χ0v) is 17.0. The summed E-state index contributed by atoms with van der Waals surface area (Å²) >= 11 is 18.0. The molecule has 2 fully saturated rings. The molecular weight excluding hydrogens is 411 g/mol. The lowest BCUT2D eigenvalue weighted by molar-refractivity contribution is 0.601. The lowest BCUT2D eigenvalue weighted by atomic mass is 10.1. The third-order valence-electron chi connectivity index (χ3n) is 4.86. The molecule has 136 valence electrons. The molecule has 2 aliphatic heterocycles. The topological polar surface area (TPSA) is 40.6 Å². The number of benzene rings is 2. The average molecular weight is 427 g/mol. The van der Waals surface area contributed by atoms with Gasteiger partial charge in [0.25, 0.3) is 0 Å². The van der Waals surface area contributed by atoms with E-state index in [4.69, 9.17) is 35.4 Å². The van der Waals surface area contributed by atoms with Gasteiger partial charge in [-0.3, -0.25) is 0 Å². The van der Waals surface area contributed by atoms with Crippen LogP contribution in [0.1, 0.15) is 5.56 Å². The van der Waals surface area contributed by atoms with E-state index >= 15 is 0 Å². The Balaban J connectivity index is 1.81. The summed E-state index contributed by atoms with van der Waals surface area (Å²) in [6.45, 7) is 2.01. The van der Waals surface area contributed by atoms with Crippen molar-refractivity contribution in [2.45, 2.75) is 19.0 Å². The SMILES string of the molecule is Cc1ccc(N2C(=S)N(c3ccc(Cl)c(Cl)c3)[C@@H]3CS(=O)(=O)C[C@H]32)cc1. The van der Waals surface area contributed by atoms with Crippen molar-refractivity contribution >= 4 is 61.7 Å². The molecule has 0 aromatic heterocycles. The summed E-state index contributed by atoms with van der Waals surface area (Å²) in [5, 5.41) is 1.45. The highest BCUT2D eigenvalue weighted by Gasteiger charge is 2.52. The summed E-state index contributed by atoms with van der Waals surface area (Å²) in [6, 6.07) is 12.7. The summed E-state index contributed by atoms with van der Waals surface area (Å²) in [7, 11) is -3.14. The normalized spacial score (nSPS) is 24.2. The second-order valence-electron chi connectivity index (χ2n) is 6.67. The molecule has 4 rings (SSSR count). The minimum atomic E-state index is -3.14.